The molecule has 1 fully saturated rings. The number of rotatable bonds is 4. The summed E-state index contributed by atoms with van der Waals surface area (Å²) in [6, 6.07) is 4.62. The summed E-state index contributed by atoms with van der Waals surface area (Å²) in [7, 11) is 1.59. The number of hydrogen-bond donors (Lipinski definition) is 2. The maximum absolute atomic E-state index is 12.1. The molecule has 1 aliphatic rings. The molecule has 0 radical (unpaired) electrons. The number of urea groups is 1. The first kappa shape index (κ1) is 14.6. The Hall–Kier alpha value is -1.76. The van der Waals surface area contributed by atoms with Gasteiger partial charge in [0.25, 0.3) is 5.91 Å². The third-order valence-corrected chi connectivity index (χ3v) is 3.65. The first-order chi connectivity index (χ1) is 9.52. The standard InChI is InChI=1S/C13H16BrN3O3/c1-8(12(18)17-6-5-15-13(17)19)16-9-3-4-11(20-2)10(14)7-9/h3-4,7-8,16H,5-6H2,1-2H3,(H,15,19). The summed E-state index contributed by atoms with van der Waals surface area (Å²) >= 11 is 3.39. The molecule has 0 aromatic heterocycles. The van der Waals surface area contributed by atoms with Crippen molar-refractivity contribution < 1.29 is 14.3 Å². The van der Waals surface area contributed by atoms with Gasteiger partial charge >= 0.3 is 6.03 Å². The molecule has 1 aromatic rings. The predicted octanol–water partition coefficient (Wildman–Crippen LogP) is 1.81. The number of nitrogens with zero attached hydrogens (tertiary/aromatic N) is 1. The summed E-state index contributed by atoms with van der Waals surface area (Å²) in [5.41, 5.74) is 0.776. The fraction of sp³-hybridized carbons (Fsp3) is 0.385. The van der Waals surface area contributed by atoms with Crippen LogP contribution in [0, 0.1) is 0 Å². The zero-order valence-electron chi connectivity index (χ0n) is 11.3. The van der Waals surface area contributed by atoms with E-state index in [2.05, 4.69) is 26.6 Å². The molecule has 20 heavy (non-hydrogen) atoms. The van der Waals surface area contributed by atoms with Crippen molar-refractivity contribution in [1.29, 1.82) is 0 Å². The third kappa shape index (κ3) is 3.04. The highest BCUT2D eigenvalue weighted by Gasteiger charge is 2.29. The van der Waals surface area contributed by atoms with Gasteiger partial charge < -0.3 is 15.4 Å². The molecule has 2 N–H and O–H groups in total. The Morgan fingerprint density at radius 2 is 2.30 bits per heavy atom. The van der Waals surface area contributed by atoms with Crippen molar-refractivity contribution in [3.8, 4) is 5.75 Å². The zero-order chi connectivity index (χ0) is 14.7. The van der Waals surface area contributed by atoms with E-state index >= 15 is 0 Å². The summed E-state index contributed by atoms with van der Waals surface area (Å²) in [5, 5.41) is 5.68. The summed E-state index contributed by atoms with van der Waals surface area (Å²) in [4.78, 5) is 24.8. The number of nitrogens with one attached hydrogen (secondary N) is 2. The van der Waals surface area contributed by atoms with Gasteiger partial charge in [-0.05, 0) is 41.1 Å². The molecular formula is C13H16BrN3O3. The highest BCUT2D eigenvalue weighted by atomic mass is 79.9. The van der Waals surface area contributed by atoms with Crippen molar-refractivity contribution >= 4 is 33.6 Å². The quantitative estimate of drug-likeness (QED) is 0.876. The lowest BCUT2D eigenvalue weighted by Gasteiger charge is -2.20. The molecule has 2 rings (SSSR count). The number of imide groups is 1. The molecule has 1 atom stereocenters. The smallest absolute Gasteiger partial charge is 0.324 e. The van der Waals surface area contributed by atoms with E-state index in [-0.39, 0.29) is 11.9 Å². The minimum Gasteiger partial charge on any atom is -0.496 e. The largest absolute Gasteiger partial charge is 0.496 e. The number of ether oxygens (including phenoxy) is 1. The Labute approximate surface area is 125 Å². The number of anilines is 1. The Kier molecular flexibility index (Phi) is 4.49. The number of benzene rings is 1. The van der Waals surface area contributed by atoms with Crippen LogP contribution in [0.2, 0.25) is 0 Å². The van der Waals surface area contributed by atoms with Gasteiger partial charge in [0.05, 0.1) is 11.6 Å². The van der Waals surface area contributed by atoms with E-state index in [1.54, 1.807) is 20.1 Å². The molecule has 1 heterocycles. The highest BCUT2D eigenvalue weighted by molar-refractivity contribution is 9.10. The average molecular weight is 342 g/mol. The minimum absolute atomic E-state index is 0.244. The van der Waals surface area contributed by atoms with Gasteiger partial charge in [0, 0.05) is 18.8 Å². The fourth-order valence-electron chi connectivity index (χ4n) is 1.98. The minimum atomic E-state index is -0.487. The molecular weight excluding hydrogens is 326 g/mol. The van der Waals surface area contributed by atoms with Crippen LogP contribution in [-0.2, 0) is 4.79 Å². The molecule has 1 aromatic carbocycles. The molecule has 108 valence electrons. The molecule has 1 aliphatic heterocycles. The van der Waals surface area contributed by atoms with Gasteiger partial charge in [0.2, 0.25) is 0 Å². The van der Waals surface area contributed by atoms with E-state index in [1.165, 1.54) is 4.90 Å². The SMILES string of the molecule is COc1ccc(NC(C)C(=O)N2CCNC2=O)cc1Br. The van der Waals surface area contributed by atoms with E-state index in [1.807, 2.05) is 12.1 Å². The molecule has 1 saturated heterocycles. The van der Waals surface area contributed by atoms with Gasteiger partial charge in [-0.1, -0.05) is 0 Å². The second-order valence-corrected chi connectivity index (χ2v) is 5.29. The third-order valence-electron chi connectivity index (χ3n) is 3.03. The van der Waals surface area contributed by atoms with Crippen LogP contribution in [0.5, 0.6) is 5.75 Å². The Morgan fingerprint density at radius 1 is 1.55 bits per heavy atom. The molecule has 6 nitrogen and oxygen atoms in total. The van der Waals surface area contributed by atoms with Crippen LogP contribution in [0.1, 0.15) is 6.92 Å². The second-order valence-electron chi connectivity index (χ2n) is 4.44. The lowest BCUT2D eigenvalue weighted by Crippen LogP contribution is -2.43. The Morgan fingerprint density at radius 3 is 2.85 bits per heavy atom. The zero-order valence-corrected chi connectivity index (χ0v) is 12.9. The van der Waals surface area contributed by atoms with Crippen LogP contribution < -0.4 is 15.4 Å². The number of carbonyl (C=O) groups excluding carboxylic acids is 2. The summed E-state index contributed by atoms with van der Waals surface area (Å²) in [5.74, 6) is 0.473. The van der Waals surface area contributed by atoms with E-state index in [0.29, 0.717) is 18.8 Å². The maximum Gasteiger partial charge on any atom is 0.324 e. The maximum atomic E-state index is 12.1. The first-order valence-corrected chi connectivity index (χ1v) is 7.01. The Balaban J connectivity index is 2.03. The number of methoxy groups -OCH3 is 1. The average Bonchev–Trinajstić information content (AvgIpc) is 2.84. The van der Waals surface area contributed by atoms with Crippen LogP contribution in [-0.4, -0.2) is 43.1 Å². The van der Waals surface area contributed by atoms with Crippen LogP contribution >= 0.6 is 15.9 Å². The summed E-state index contributed by atoms with van der Waals surface area (Å²) < 4.78 is 5.94. The molecule has 0 aliphatic carbocycles. The Bertz CT molecular complexity index is 536. The molecule has 0 spiro atoms. The monoisotopic (exact) mass is 341 g/mol. The summed E-state index contributed by atoms with van der Waals surface area (Å²) in [6.45, 7) is 2.65. The molecule has 0 saturated carbocycles. The van der Waals surface area contributed by atoms with Crippen LogP contribution in [0.4, 0.5) is 10.5 Å². The van der Waals surface area contributed by atoms with Crippen molar-refractivity contribution in [2.24, 2.45) is 0 Å². The number of hydrogen-bond acceptors (Lipinski definition) is 4. The number of amides is 3. The van der Waals surface area contributed by atoms with Gasteiger partial charge in [0.15, 0.2) is 0 Å². The number of halogens is 1. The van der Waals surface area contributed by atoms with E-state index in [4.69, 9.17) is 4.74 Å². The molecule has 1 unspecified atom stereocenters. The second kappa shape index (κ2) is 6.13. The van der Waals surface area contributed by atoms with E-state index in [0.717, 1.165) is 10.2 Å². The topological polar surface area (TPSA) is 70.7 Å². The van der Waals surface area contributed by atoms with E-state index in [9.17, 15) is 9.59 Å². The van der Waals surface area contributed by atoms with Crippen molar-refractivity contribution in [2.75, 3.05) is 25.5 Å². The van der Waals surface area contributed by atoms with Crippen molar-refractivity contribution in [1.82, 2.24) is 10.2 Å². The van der Waals surface area contributed by atoms with Gasteiger partial charge in [0.1, 0.15) is 11.8 Å². The predicted molar refractivity (Wildman–Crippen MR) is 78.9 cm³/mol. The molecule has 0 bridgehead atoms. The lowest BCUT2D eigenvalue weighted by atomic mass is 10.2. The fourth-order valence-corrected chi connectivity index (χ4v) is 2.52. The van der Waals surface area contributed by atoms with Gasteiger partial charge in [-0.25, -0.2) is 4.79 Å². The van der Waals surface area contributed by atoms with E-state index < -0.39 is 6.04 Å². The van der Waals surface area contributed by atoms with Crippen molar-refractivity contribution in [2.45, 2.75) is 13.0 Å². The first-order valence-electron chi connectivity index (χ1n) is 6.22. The normalized spacial score (nSPS) is 15.8. The molecule has 7 heteroatoms. The van der Waals surface area contributed by atoms with Crippen LogP contribution in [0.15, 0.2) is 22.7 Å². The van der Waals surface area contributed by atoms with Crippen LogP contribution in [0.3, 0.4) is 0 Å². The van der Waals surface area contributed by atoms with Crippen molar-refractivity contribution in [3.05, 3.63) is 22.7 Å². The van der Waals surface area contributed by atoms with Gasteiger partial charge in [-0.2, -0.15) is 0 Å². The highest BCUT2D eigenvalue weighted by Crippen LogP contribution is 2.28. The lowest BCUT2D eigenvalue weighted by molar-refractivity contribution is -0.128. The van der Waals surface area contributed by atoms with Gasteiger partial charge in [-0.3, -0.25) is 9.69 Å². The summed E-state index contributed by atoms with van der Waals surface area (Å²) in [6.07, 6.45) is 0. The van der Waals surface area contributed by atoms with Crippen molar-refractivity contribution in [3.63, 3.8) is 0 Å². The van der Waals surface area contributed by atoms with Gasteiger partial charge in [-0.15, -0.1) is 0 Å². The number of carbonyl (C=O) groups is 2. The van der Waals surface area contributed by atoms with Crippen LogP contribution in [0.25, 0.3) is 0 Å². The molecule has 3 amide bonds.